The highest BCUT2D eigenvalue weighted by molar-refractivity contribution is 5.86. The fraction of sp³-hybridized carbons (Fsp3) is 0.636. The molecule has 0 aliphatic carbocycles. The lowest BCUT2D eigenvalue weighted by Gasteiger charge is -2.35. The molecular weight excluding hydrogens is 324 g/mol. The number of carbonyl (C=O) groups is 2. The third kappa shape index (κ3) is 5.86. The van der Waals surface area contributed by atoms with Crippen LogP contribution in [0.4, 0.5) is 0 Å². The Morgan fingerprint density at radius 1 is 1.15 bits per heavy atom. The van der Waals surface area contributed by atoms with Crippen LogP contribution in [0.2, 0.25) is 0 Å². The first kappa shape index (κ1) is 20.5. The van der Waals surface area contributed by atoms with E-state index in [1.165, 1.54) is 23.6 Å². The Bertz CT molecular complexity index is 631. The molecule has 1 aromatic rings. The molecular formula is C22H34N2O2. The van der Waals surface area contributed by atoms with Crippen molar-refractivity contribution in [3.8, 4) is 0 Å². The molecule has 1 saturated heterocycles. The first-order valence-electron chi connectivity index (χ1n) is 9.88. The van der Waals surface area contributed by atoms with Gasteiger partial charge >= 0.3 is 0 Å². The van der Waals surface area contributed by atoms with Crippen molar-refractivity contribution in [3.63, 3.8) is 0 Å². The highest BCUT2D eigenvalue weighted by Gasteiger charge is 2.29. The van der Waals surface area contributed by atoms with Crippen LogP contribution >= 0.6 is 0 Å². The number of amides is 2. The van der Waals surface area contributed by atoms with Gasteiger partial charge < -0.3 is 10.2 Å². The van der Waals surface area contributed by atoms with Crippen molar-refractivity contribution in [3.05, 3.63) is 34.9 Å². The zero-order valence-corrected chi connectivity index (χ0v) is 17.0. The Hall–Kier alpha value is -1.84. The van der Waals surface area contributed by atoms with Crippen LogP contribution in [0.15, 0.2) is 18.2 Å². The van der Waals surface area contributed by atoms with Gasteiger partial charge in [0, 0.05) is 20.0 Å². The summed E-state index contributed by atoms with van der Waals surface area (Å²) in [6.45, 7) is 11.5. The molecule has 144 valence electrons. The molecule has 0 saturated carbocycles. The molecule has 1 aliphatic heterocycles. The Balaban J connectivity index is 1.90. The van der Waals surface area contributed by atoms with E-state index in [1.807, 2.05) is 4.90 Å². The molecule has 1 fully saturated rings. The van der Waals surface area contributed by atoms with Crippen molar-refractivity contribution in [1.29, 1.82) is 0 Å². The number of nitrogens with one attached hydrogen (secondary N) is 1. The number of rotatable bonds is 6. The average molecular weight is 359 g/mol. The van der Waals surface area contributed by atoms with Crippen molar-refractivity contribution in [1.82, 2.24) is 10.2 Å². The third-order valence-corrected chi connectivity index (χ3v) is 5.40. The van der Waals surface area contributed by atoms with Crippen molar-refractivity contribution in [2.45, 2.75) is 66.3 Å². The third-order valence-electron chi connectivity index (χ3n) is 5.40. The molecule has 1 heterocycles. The predicted molar refractivity (Wildman–Crippen MR) is 106 cm³/mol. The molecule has 0 aromatic heterocycles. The highest BCUT2D eigenvalue weighted by atomic mass is 16.2. The van der Waals surface area contributed by atoms with Crippen molar-refractivity contribution in [2.75, 3.05) is 13.1 Å². The van der Waals surface area contributed by atoms with Crippen LogP contribution in [0.25, 0.3) is 0 Å². The number of hydrogen-bond donors (Lipinski definition) is 1. The van der Waals surface area contributed by atoms with Gasteiger partial charge in [0.1, 0.15) is 6.04 Å². The molecule has 0 radical (unpaired) electrons. The van der Waals surface area contributed by atoms with Crippen LogP contribution in [0.1, 0.15) is 56.7 Å². The van der Waals surface area contributed by atoms with Crippen molar-refractivity contribution in [2.24, 2.45) is 11.8 Å². The lowest BCUT2D eigenvalue weighted by Crippen LogP contribution is -2.50. The lowest BCUT2D eigenvalue weighted by molar-refractivity contribution is -0.137. The van der Waals surface area contributed by atoms with E-state index in [2.05, 4.69) is 51.2 Å². The molecule has 2 amide bonds. The number of carbonyl (C=O) groups excluding carboxylic acids is 2. The molecule has 2 rings (SSSR count). The van der Waals surface area contributed by atoms with Gasteiger partial charge in [-0.1, -0.05) is 32.0 Å². The van der Waals surface area contributed by atoms with Gasteiger partial charge in [0.15, 0.2) is 0 Å². The van der Waals surface area contributed by atoms with Crippen LogP contribution in [0.5, 0.6) is 0 Å². The van der Waals surface area contributed by atoms with Gasteiger partial charge in [-0.05, 0) is 68.1 Å². The second kappa shape index (κ2) is 9.20. The first-order valence-corrected chi connectivity index (χ1v) is 9.88. The number of piperidine rings is 1. The Morgan fingerprint density at radius 2 is 1.81 bits per heavy atom. The van der Waals surface area contributed by atoms with Gasteiger partial charge in [0.25, 0.3) is 0 Å². The predicted octanol–water partition coefficient (Wildman–Crippen LogP) is 3.64. The standard InChI is InChI=1S/C22H34N2O2/c1-15(2)12-21(23-18(5)25)22(26)24-10-8-19(9-11-24)14-20-7-6-16(3)17(4)13-20/h6-7,13,15,19,21H,8-12,14H2,1-5H3,(H,23,25)/t21-/m0/s1. The van der Waals surface area contributed by atoms with E-state index in [0.717, 1.165) is 32.4 Å². The van der Waals surface area contributed by atoms with Crippen LogP contribution in [-0.2, 0) is 16.0 Å². The molecule has 0 bridgehead atoms. The summed E-state index contributed by atoms with van der Waals surface area (Å²) < 4.78 is 0. The van der Waals surface area contributed by atoms with Gasteiger partial charge in [-0.15, -0.1) is 0 Å². The number of aryl methyl sites for hydroxylation is 2. The normalized spacial score (nSPS) is 16.6. The highest BCUT2D eigenvalue weighted by Crippen LogP contribution is 2.24. The van der Waals surface area contributed by atoms with Crippen LogP contribution in [-0.4, -0.2) is 35.8 Å². The quantitative estimate of drug-likeness (QED) is 0.844. The SMILES string of the molecule is CC(=O)N[C@@H](CC(C)C)C(=O)N1CCC(Cc2ccc(C)c(C)c2)CC1. The maximum Gasteiger partial charge on any atom is 0.245 e. The summed E-state index contributed by atoms with van der Waals surface area (Å²) in [7, 11) is 0. The van der Waals surface area contributed by atoms with Crippen LogP contribution in [0.3, 0.4) is 0 Å². The monoisotopic (exact) mass is 358 g/mol. The molecule has 1 aromatic carbocycles. The summed E-state index contributed by atoms with van der Waals surface area (Å²) in [5, 5.41) is 2.84. The maximum absolute atomic E-state index is 12.8. The minimum atomic E-state index is -0.385. The second-order valence-corrected chi connectivity index (χ2v) is 8.27. The van der Waals surface area contributed by atoms with Crippen molar-refractivity contribution >= 4 is 11.8 Å². The fourth-order valence-electron chi connectivity index (χ4n) is 3.78. The van der Waals surface area contributed by atoms with Gasteiger partial charge in [0.05, 0.1) is 0 Å². The summed E-state index contributed by atoms with van der Waals surface area (Å²) >= 11 is 0. The Morgan fingerprint density at radius 3 is 2.35 bits per heavy atom. The topological polar surface area (TPSA) is 49.4 Å². The van der Waals surface area contributed by atoms with E-state index in [4.69, 9.17) is 0 Å². The minimum absolute atomic E-state index is 0.0820. The molecule has 1 aliphatic rings. The average Bonchev–Trinajstić information content (AvgIpc) is 2.57. The summed E-state index contributed by atoms with van der Waals surface area (Å²) in [5.41, 5.74) is 4.08. The maximum atomic E-state index is 12.8. The minimum Gasteiger partial charge on any atom is -0.345 e. The van der Waals surface area contributed by atoms with Gasteiger partial charge in [-0.3, -0.25) is 9.59 Å². The van der Waals surface area contributed by atoms with Crippen LogP contribution in [0, 0.1) is 25.7 Å². The number of nitrogens with zero attached hydrogens (tertiary/aromatic N) is 1. The largest absolute Gasteiger partial charge is 0.345 e. The lowest BCUT2D eigenvalue weighted by atomic mass is 9.89. The van der Waals surface area contributed by atoms with E-state index in [9.17, 15) is 9.59 Å². The molecule has 4 heteroatoms. The second-order valence-electron chi connectivity index (χ2n) is 8.27. The molecule has 4 nitrogen and oxygen atoms in total. The molecule has 1 N–H and O–H groups in total. The van der Waals surface area contributed by atoms with E-state index < -0.39 is 0 Å². The van der Waals surface area contributed by atoms with E-state index in [-0.39, 0.29) is 17.9 Å². The van der Waals surface area contributed by atoms with Crippen LogP contribution < -0.4 is 5.32 Å². The van der Waals surface area contributed by atoms with E-state index >= 15 is 0 Å². The molecule has 1 atom stereocenters. The van der Waals surface area contributed by atoms with Crippen molar-refractivity contribution < 1.29 is 9.59 Å². The summed E-state index contributed by atoms with van der Waals surface area (Å²) in [6.07, 6.45) is 3.85. The summed E-state index contributed by atoms with van der Waals surface area (Å²) in [6, 6.07) is 6.34. The fourth-order valence-corrected chi connectivity index (χ4v) is 3.78. The van der Waals surface area contributed by atoms with E-state index in [0.29, 0.717) is 18.3 Å². The smallest absolute Gasteiger partial charge is 0.245 e. The Labute approximate surface area is 158 Å². The molecule has 26 heavy (non-hydrogen) atoms. The van der Waals surface area contributed by atoms with E-state index in [1.54, 1.807) is 0 Å². The summed E-state index contributed by atoms with van der Waals surface area (Å²) in [5.74, 6) is 0.954. The number of benzene rings is 1. The summed E-state index contributed by atoms with van der Waals surface area (Å²) in [4.78, 5) is 26.2. The van der Waals surface area contributed by atoms with Gasteiger partial charge in [-0.25, -0.2) is 0 Å². The first-order chi connectivity index (χ1) is 12.3. The van der Waals surface area contributed by atoms with Gasteiger partial charge in [0.2, 0.25) is 11.8 Å². The number of likely N-dealkylation sites (tertiary alicyclic amines) is 1. The Kier molecular flexibility index (Phi) is 7.24. The zero-order chi connectivity index (χ0) is 19.3. The number of hydrogen-bond acceptors (Lipinski definition) is 2. The van der Waals surface area contributed by atoms with Gasteiger partial charge in [-0.2, -0.15) is 0 Å². The molecule has 0 spiro atoms. The molecule has 0 unspecified atom stereocenters. The zero-order valence-electron chi connectivity index (χ0n) is 17.0.